The number of carbonyl (C=O) groups excluding carboxylic acids is 1. The van der Waals surface area contributed by atoms with Crippen molar-refractivity contribution in [3.05, 3.63) is 0 Å². The van der Waals surface area contributed by atoms with Gasteiger partial charge in [0.05, 0.1) is 0 Å². The van der Waals surface area contributed by atoms with Gasteiger partial charge >= 0.3 is 0 Å². The third-order valence-corrected chi connectivity index (χ3v) is 4.36. The molecule has 1 aliphatic rings. The minimum Gasteiger partial charge on any atom is -0.409 e. The Morgan fingerprint density at radius 3 is 2.45 bits per heavy atom. The van der Waals surface area contributed by atoms with E-state index < -0.39 is 5.41 Å². The van der Waals surface area contributed by atoms with Crippen molar-refractivity contribution in [1.82, 2.24) is 5.32 Å². The SMILES string of the molecule is CCCCC(C)NC(=O)C1(C(N)=NO)CCCCCC1. The van der Waals surface area contributed by atoms with Gasteiger partial charge < -0.3 is 16.3 Å². The Kier molecular flexibility index (Phi) is 6.82. The zero-order chi connectivity index (χ0) is 15.0. The second kappa shape index (κ2) is 8.12. The van der Waals surface area contributed by atoms with E-state index in [-0.39, 0.29) is 17.8 Å². The summed E-state index contributed by atoms with van der Waals surface area (Å²) in [6.07, 6.45) is 8.65. The highest BCUT2D eigenvalue weighted by molar-refractivity contribution is 6.06. The molecule has 116 valence electrons. The summed E-state index contributed by atoms with van der Waals surface area (Å²) in [6, 6.07) is 0.133. The molecule has 0 bridgehead atoms. The summed E-state index contributed by atoms with van der Waals surface area (Å²) in [4.78, 5) is 12.7. The number of amidine groups is 1. The van der Waals surface area contributed by atoms with Crippen LogP contribution >= 0.6 is 0 Å². The van der Waals surface area contributed by atoms with Crippen molar-refractivity contribution in [3.8, 4) is 0 Å². The van der Waals surface area contributed by atoms with Gasteiger partial charge in [-0.3, -0.25) is 4.79 Å². The van der Waals surface area contributed by atoms with Gasteiger partial charge in [0.25, 0.3) is 0 Å². The highest BCUT2D eigenvalue weighted by Crippen LogP contribution is 2.35. The van der Waals surface area contributed by atoms with Crippen molar-refractivity contribution < 1.29 is 10.0 Å². The molecule has 0 aromatic rings. The Morgan fingerprint density at radius 1 is 1.35 bits per heavy atom. The number of hydrogen-bond donors (Lipinski definition) is 3. The number of carbonyl (C=O) groups is 1. The third-order valence-electron chi connectivity index (χ3n) is 4.36. The maximum Gasteiger partial charge on any atom is 0.234 e. The Bertz CT molecular complexity index is 334. The number of oxime groups is 1. The molecule has 0 aliphatic heterocycles. The molecule has 0 aromatic heterocycles. The molecule has 0 aromatic carbocycles. The zero-order valence-electron chi connectivity index (χ0n) is 12.8. The molecule has 1 saturated carbocycles. The fraction of sp³-hybridized carbons (Fsp3) is 0.867. The van der Waals surface area contributed by atoms with E-state index in [0.717, 1.165) is 44.9 Å². The minimum absolute atomic E-state index is 0.0691. The van der Waals surface area contributed by atoms with Gasteiger partial charge in [-0.15, -0.1) is 0 Å². The summed E-state index contributed by atoms with van der Waals surface area (Å²) in [6.45, 7) is 4.15. The van der Waals surface area contributed by atoms with Gasteiger partial charge in [0.1, 0.15) is 5.41 Å². The molecule has 1 amide bonds. The van der Waals surface area contributed by atoms with E-state index in [0.29, 0.717) is 12.8 Å². The van der Waals surface area contributed by atoms with E-state index in [1.54, 1.807) is 0 Å². The number of nitrogens with zero attached hydrogens (tertiary/aromatic N) is 1. The van der Waals surface area contributed by atoms with E-state index in [9.17, 15) is 4.79 Å². The molecule has 20 heavy (non-hydrogen) atoms. The number of rotatable bonds is 6. The monoisotopic (exact) mass is 283 g/mol. The smallest absolute Gasteiger partial charge is 0.234 e. The van der Waals surface area contributed by atoms with E-state index in [1.165, 1.54) is 0 Å². The summed E-state index contributed by atoms with van der Waals surface area (Å²) in [7, 11) is 0. The Balaban J connectivity index is 2.79. The lowest BCUT2D eigenvalue weighted by Gasteiger charge is -2.31. The number of nitrogens with two attached hydrogens (primary N) is 1. The summed E-state index contributed by atoms with van der Waals surface area (Å²) in [5.74, 6) is -0.00195. The molecule has 1 fully saturated rings. The van der Waals surface area contributed by atoms with Crippen molar-refractivity contribution in [2.45, 2.75) is 77.7 Å². The fourth-order valence-electron chi connectivity index (χ4n) is 2.97. The lowest BCUT2D eigenvalue weighted by Crippen LogP contribution is -2.51. The maximum absolute atomic E-state index is 12.7. The summed E-state index contributed by atoms with van der Waals surface area (Å²) >= 11 is 0. The minimum atomic E-state index is -0.814. The van der Waals surface area contributed by atoms with Crippen LogP contribution in [0.25, 0.3) is 0 Å². The van der Waals surface area contributed by atoms with Crippen LogP contribution in [0.5, 0.6) is 0 Å². The normalized spacial score (nSPS) is 21.0. The van der Waals surface area contributed by atoms with Crippen molar-refractivity contribution in [2.75, 3.05) is 0 Å². The summed E-state index contributed by atoms with van der Waals surface area (Å²) < 4.78 is 0. The molecule has 0 saturated heterocycles. The lowest BCUT2D eigenvalue weighted by molar-refractivity contribution is -0.129. The maximum atomic E-state index is 12.7. The van der Waals surface area contributed by atoms with Crippen LogP contribution in [-0.2, 0) is 4.79 Å². The molecule has 0 spiro atoms. The van der Waals surface area contributed by atoms with Gasteiger partial charge in [-0.05, 0) is 26.2 Å². The number of nitrogens with one attached hydrogen (secondary N) is 1. The number of unbranched alkanes of at least 4 members (excludes halogenated alkanes) is 1. The van der Waals surface area contributed by atoms with Crippen molar-refractivity contribution in [3.63, 3.8) is 0 Å². The van der Waals surface area contributed by atoms with E-state index >= 15 is 0 Å². The first kappa shape index (κ1) is 16.8. The zero-order valence-corrected chi connectivity index (χ0v) is 12.8. The second-order valence-corrected chi connectivity index (χ2v) is 6.00. The standard InChI is InChI=1S/C15H29N3O2/c1-3-4-9-12(2)17-14(19)15(13(16)18-20)10-7-5-6-8-11-15/h12,20H,3-11H2,1-2H3,(H2,16,18)(H,17,19). The topological polar surface area (TPSA) is 87.7 Å². The molecule has 4 N–H and O–H groups in total. The van der Waals surface area contributed by atoms with Gasteiger partial charge in [0.15, 0.2) is 5.84 Å². The summed E-state index contributed by atoms with van der Waals surface area (Å²) in [5.41, 5.74) is 5.05. The largest absolute Gasteiger partial charge is 0.409 e. The van der Waals surface area contributed by atoms with Crippen LogP contribution in [0.3, 0.4) is 0 Å². The van der Waals surface area contributed by atoms with Crippen LogP contribution < -0.4 is 11.1 Å². The van der Waals surface area contributed by atoms with E-state index in [1.807, 2.05) is 6.92 Å². The van der Waals surface area contributed by atoms with Gasteiger partial charge in [0.2, 0.25) is 5.91 Å². The third kappa shape index (κ3) is 4.12. The van der Waals surface area contributed by atoms with Crippen molar-refractivity contribution in [1.29, 1.82) is 0 Å². The summed E-state index contributed by atoms with van der Waals surface area (Å²) in [5, 5.41) is 15.3. The molecule has 0 heterocycles. The van der Waals surface area contributed by atoms with E-state index in [4.69, 9.17) is 10.9 Å². The molecular weight excluding hydrogens is 254 g/mol. The van der Waals surface area contributed by atoms with Crippen LogP contribution in [0.15, 0.2) is 5.16 Å². The highest BCUT2D eigenvalue weighted by atomic mass is 16.4. The molecular formula is C15H29N3O2. The first-order chi connectivity index (χ1) is 9.56. The molecule has 1 aliphatic carbocycles. The predicted molar refractivity (Wildman–Crippen MR) is 80.7 cm³/mol. The molecule has 1 unspecified atom stereocenters. The highest BCUT2D eigenvalue weighted by Gasteiger charge is 2.43. The number of hydrogen-bond acceptors (Lipinski definition) is 3. The van der Waals surface area contributed by atoms with Crippen LogP contribution in [0.4, 0.5) is 0 Å². The quantitative estimate of drug-likeness (QED) is 0.230. The van der Waals surface area contributed by atoms with Gasteiger partial charge in [0, 0.05) is 6.04 Å². The van der Waals surface area contributed by atoms with Gasteiger partial charge in [-0.25, -0.2) is 0 Å². The first-order valence-electron chi connectivity index (χ1n) is 7.85. The molecule has 1 rings (SSSR count). The van der Waals surface area contributed by atoms with Crippen LogP contribution in [-0.4, -0.2) is 23.0 Å². The second-order valence-electron chi connectivity index (χ2n) is 6.00. The van der Waals surface area contributed by atoms with Crippen LogP contribution in [0.1, 0.15) is 71.6 Å². The number of amides is 1. The fourth-order valence-corrected chi connectivity index (χ4v) is 2.97. The Labute approximate surface area is 122 Å². The van der Waals surface area contributed by atoms with Crippen LogP contribution in [0.2, 0.25) is 0 Å². The lowest BCUT2D eigenvalue weighted by atomic mass is 9.78. The van der Waals surface area contributed by atoms with Crippen LogP contribution in [0, 0.1) is 5.41 Å². The average Bonchev–Trinajstić information content (AvgIpc) is 2.70. The van der Waals surface area contributed by atoms with Crippen molar-refractivity contribution in [2.24, 2.45) is 16.3 Å². The van der Waals surface area contributed by atoms with Gasteiger partial charge in [-0.1, -0.05) is 50.6 Å². The molecule has 0 radical (unpaired) electrons. The first-order valence-corrected chi connectivity index (χ1v) is 7.85. The Morgan fingerprint density at radius 2 is 1.95 bits per heavy atom. The average molecular weight is 283 g/mol. The van der Waals surface area contributed by atoms with E-state index in [2.05, 4.69) is 17.4 Å². The molecule has 1 atom stereocenters. The molecule has 5 nitrogen and oxygen atoms in total. The predicted octanol–water partition coefficient (Wildman–Crippen LogP) is 2.77. The van der Waals surface area contributed by atoms with Gasteiger partial charge in [-0.2, -0.15) is 0 Å². The Hall–Kier alpha value is -1.26. The molecule has 5 heteroatoms. The van der Waals surface area contributed by atoms with Crippen molar-refractivity contribution >= 4 is 11.7 Å².